The van der Waals surface area contributed by atoms with Gasteiger partial charge >= 0.3 is 0 Å². The molecule has 0 radical (unpaired) electrons. The van der Waals surface area contributed by atoms with Gasteiger partial charge < -0.3 is 4.74 Å². The molecule has 1 atom stereocenters. The van der Waals surface area contributed by atoms with E-state index in [0.29, 0.717) is 11.4 Å². The van der Waals surface area contributed by atoms with Crippen LogP contribution < -0.4 is 9.04 Å². The molecule has 3 rings (SSSR count). The normalized spacial score (nSPS) is 15.2. The van der Waals surface area contributed by atoms with Crippen LogP contribution in [-0.4, -0.2) is 21.6 Å². The summed E-state index contributed by atoms with van der Waals surface area (Å²) < 4.78 is 46.7. The summed E-state index contributed by atoms with van der Waals surface area (Å²) in [7, 11) is -2.41. The van der Waals surface area contributed by atoms with Crippen molar-refractivity contribution in [2.75, 3.05) is 11.4 Å². The zero-order valence-corrected chi connectivity index (χ0v) is 15.3. The van der Waals surface area contributed by atoms with Gasteiger partial charge in [0.25, 0.3) is 10.0 Å². The van der Waals surface area contributed by atoms with E-state index in [9.17, 15) is 12.8 Å². The lowest BCUT2D eigenvalue weighted by Crippen LogP contribution is -2.40. The van der Waals surface area contributed by atoms with Gasteiger partial charge in [0.15, 0.2) is 0 Å². The van der Waals surface area contributed by atoms with Crippen molar-refractivity contribution >= 4 is 15.7 Å². The highest BCUT2D eigenvalue weighted by atomic mass is 32.2. The third kappa shape index (κ3) is 3.37. The molecule has 1 saturated carbocycles. The molecule has 0 aliphatic heterocycles. The predicted molar refractivity (Wildman–Crippen MR) is 96.0 cm³/mol. The number of anilines is 1. The molecule has 0 spiro atoms. The molecular weight excluding hydrogens is 355 g/mol. The fourth-order valence-corrected chi connectivity index (χ4v) is 4.70. The summed E-state index contributed by atoms with van der Waals surface area (Å²) in [5, 5.41) is 9.02. The van der Waals surface area contributed by atoms with Crippen LogP contribution in [0.1, 0.15) is 25.3 Å². The first-order chi connectivity index (χ1) is 12.4. The summed E-state index contributed by atoms with van der Waals surface area (Å²) in [5.41, 5.74) is 0.216. The molecule has 136 valence electrons. The summed E-state index contributed by atoms with van der Waals surface area (Å²) in [6.07, 6.45) is 1.94. The highest BCUT2D eigenvalue weighted by molar-refractivity contribution is 7.92. The van der Waals surface area contributed by atoms with E-state index in [4.69, 9.17) is 10.00 Å². The Labute approximate surface area is 152 Å². The molecule has 0 N–H and O–H groups in total. The van der Waals surface area contributed by atoms with Gasteiger partial charge in [-0.2, -0.15) is 5.26 Å². The number of nitriles is 1. The summed E-state index contributed by atoms with van der Waals surface area (Å²) >= 11 is 0. The van der Waals surface area contributed by atoms with Crippen molar-refractivity contribution in [1.29, 1.82) is 5.26 Å². The number of rotatable bonds is 6. The second kappa shape index (κ2) is 6.96. The average molecular weight is 374 g/mol. The molecule has 1 unspecified atom stereocenters. The Kier molecular flexibility index (Phi) is 4.88. The Morgan fingerprint density at radius 1 is 1.23 bits per heavy atom. The molecule has 1 fully saturated rings. The molecule has 1 aliphatic carbocycles. The minimum absolute atomic E-state index is 0.0984. The maximum atomic E-state index is 13.6. The molecule has 0 heterocycles. The van der Waals surface area contributed by atoms with Crippen LogP contribution in [0.4, 0.5) is 10.1 Å². The number of methoxy groups -OCH3 is 1. The van der Waals surface area contributed by atoms with E-state index < -0.39 is 15.8 Å². The largest absolute Gasteiger partial charge is 0.497 e. The van der Waals surface area contributed by atoms with Crippen LogP contribution in [0.3, 0.4) is 0 Å². The number of hydrogen-bond donors (Lipinski definition) is 0. The van der Waals surface area contributed by atoms with E-state index in [2.05, 4.69) is 0 Å². The van der Waals surface area contributed by atoms with E-state index in [1.807, 2.05) is 6.92 Å². The second-order valence-corrected chi connectivity index (χ2v) is 8.15. The Hall–Kier alpha value is -2.59. The van der Waals surface area contributed by atoms with Gasteiger partial charge in [-0.3, -0.25) is 4.31 Å². The van der Waals surface area contributed by atoms with Crippen LogP contribution in [0.25, 0.3) is 0 Å². The highest BCUT2D eigenvalue weighted by Crippen LogP contribution is 2.39. The summed E-state index contributed by atoms with van der Waals surface area (Å²) in [6, 6.07) is 11.5. The lowest BCUT2D eigenvalue weighted by molar-refractivity contribution is 0.415. The van der Waals surface area contributed by atoms with Gasteiger partial charge in [-0.1, -0.05) is 0 Å². The molecule has 2 aromatic rings. The Morgan fingerprint density at radius 3 is 2.42 bits per heavy atom. The van der Waals surface area contributed by atoms with Gasteiger partial charge in [-0.25, -0.2) is 12.8 Å². The third-order valence-corrected chi connectivity index (χ3v) is 6.53. The van der Waals surface area contributed by atoms with Crippen LogP contribution in [0.5, 0.6) is 5.75 Å². The maximum Gasteiger partial charge on any atom is 0.264 e. The number of benzene rings is 2. The van der Waals surface area contributed by atoms with Gasteiger partial charge in [0, 0.05) is 6.04 Å². The van der Waals surface area contributed by atoms with Crippen molar-refractivity contribution in [3.63, 3.8) is 0 Å². The van der Waals surface area contributed by atoms with Crippen molar-refractivity contribution < 1.29 is 17.5 Å². The van der Waals surface area contributed by atoms with Crippen molar-refractivity contribution in [1.82, 2.24) is 0 Å². The topological polar surface area (TPSA) is 70.4 Å². The molecule has 1 aliphatic rings. The number of ether oxygens (including phenoxy) is 1. The summed E-state index contributed by atoms with van der Waals surface area (Å²) in [6.45, 7) is 1.87. The second-order valence-electron chi connectivity index (χ2n) is 6.33. The lowest BCUT2D eigenvalue weighted by Gasteiger charge is -2.31. The van der Waals surface area contributed by atoms with Gasteiger partial charge in [-0.05, 0) is 68.1 Å². The molecule has 2 aromatic carbocycles. The molecule has 0 saturated heterocycles. The van der Waals surface area contributed by atoms with Crippen molar-refractivity contribution in [3.8, 4) is 11.8 Å². The van der Waals surface area contributed by atoms with E-state index in [-0.39, 0.29) is 22.4 Å². The zero-order chi connectivity index (χ0) is 18.9. The van der Waals surface area contributed by atoms with Crippen LogP contribution >= 0.6 is 0 Å². The number of nitrogens with zero attached hydrogens (tertiary/aromatic N) is 2. The van der Waals surface area contributed by atoms with Gasteiger partial charge in [0.05, 0.1) is 23.3 Å². The van der Waals surface area contributed by atoms with Crippen LogP contribution in [0, 0.1) is 23.1 Å². The van der Waals surface area contributed by atoms with E-state index in [0.717, 1.165) is 25.0 Å². The van der Waals surface area contributed by atoms with Crippen molar-refractivity contribution in [2.24, 2.45) is 5.92 Å². The number of halogens is 1. The van der Waals surface area contributed by atoms with Crippen molar-refractivity contribution in [3.05, 3.63) is 53.8 Å². The van der Waals surface area contributed by atoms with Crippen LogP contribution in [0.15, 0.2) is 47.4 Å². The van der Waals surface area contributed by atoms with Gasteiger partial charge in [-0.15, -0.1) is 0 Å². The summed E-state index contributed by atoms with van der Waals surface area (Å²) in [4.78, 5) is -0.0984. The quantitative estimate of drug-likeness (QED) is 0.773. The van der Waals surface area contributed by atoms with E-state index in [1.54, 1.807) is 30.3 Å². The minimum atomic E-state index is -3.95. The average Bonchev–Trinajstić information content (AvgIpc) is 3.47. The number of hydrogen-bond acceptors (Lipinski definition) is 4. The Bertz CT molecular complexity index is 948. The zero-order valence-electron chi connectivity index (χ0n) is 14.5. The van der Waals surface area contributed by atoms with E-state index >= 15 is 0 Å². The predicted octanol–water partition coefficient (Wildman–Crippen LogP) is 3.70. The van der Waals surface area contributed by atoms with Crippen molar-refractivity contribution in [2.45, 2.75) is 30.7 Å². The molecule has 0 aromatic heterocycles. The third-order valence-electron chi connectivity index (χ3n) is 4.62. The van der Waals surface area contributed by atoms with Crippen LogP contribution in [0.2, 0.25) is 0 Å². The van der Waals surface area contributed by atoms with E-state index in [1.165, 1.54) is 17.5 Å². The SMILES string of the molecule is COc1ccc(N(C(C)C2CC2)S(=O)(=O)c2ccc(F)c(C#N)c2)cc1. The fourth-order valence-electron chi connectivity index (χ4n) is 2.96. The highest BCUT2D eigenvalue weighted by Gasteiger charge is 2.38. The smallest absolute Gasteiger partial charge is 0.264 e. The molecular formula is C19H19FN2O3S. The monoisotopic (exact) mass is 374 g/mol. The van der Waals surface area contributed by atoms with Crippen LogP contribution in [-0.2, 0) is 10.0 Å². The van der Waals surface area contributed by atoms with Gasteiger partial charge in [0.1, 0.15) is 17.6 Å². The lowest BCUT2D eigenvalue weighted by atomic mass is 10.2. The molecule has 7 heteroatoms. The molecule has 26 heavy (non-hydrogen) atoms. The van der Waals surface area contributed by atoms with Gasteiger partial charge in [0.2, 0.25) is 0 Å². The molecule has 0 amide bonds. The molecule has 0 bridgehead atoms. The Balaban J connectivity index is 2.09. The number of sulfonamides is 1. The maximum absolute atomic E-state index is 13.6. The Morgan fingerprint density at radius 2 is 1.88 bits per heavy atom. The molecule has 5 nitrogen and oxygen atoms in total. The fraction of sp³-hybridized carbons (Fsp3) is 0.316. The first-order valence-corrected chi connectivity index (χ1v) is 9.70. The minimum Gasteiger partial charge on any atom is -0.497 e. The summed E-state index contributed by atoms with van der Waals surface area (Å²) in [5.74, 6) is 0.166. The standard InChI is InChI=1S/C19H19FN2O3S/c1-13(14-3-4-14)22(16-5-7-17(25-2)8-6-16)26(23,24)18-9-10-19(20)15(11-18)12-21/h5-11,13-14H,3-4H2,1-2H3. The first-order valence-electron chi connectivity index (χ1n) is 8.26. The first kappa shape index (κ1) is 18.2.